The molecule has 3 heterocycles. The highest BCUT2D eigenvalue weighted by atomic mass is 16.5. The highest BCUT2D eigenvalue weighted by molar-refractivity contribution is 5.94. The van der Waals surface area contributed by atoms with E-state index in [9.17, 15) is 4.79 Å². The van der Waals surface area contributed by atoms with E-state index in [2.05, 4.69) is 10.2 Å². The predicted octanol–water partition coefficient (Wildman–Crippen LogP) is 1.09. The summed E-state index contributed by atoms with van der Waals surface area (Å²) in [4.78, 5) is 15.1. The van der Waals surface area contributed by atoms with E-state index in [1.54, 1.807) is 0 Å². The molecule has 1 aromatic rings. The Hall–Kier alpha value is -1.63. The first-order valence-electron chi connectivity index (χ1n) is 9.25. The number of benzene rings is 1. The van der Waals surface area contributed by atoms with Gasteiger partial charge in [-0.15, -0.1) is 0 Å². The maximum atomic E-state index is 12.6. The minimum Gasteiger partial charge on any atom is -0.493 e. The molecular weight excluding hydrogens is 320 g/mol. The van der Waals surface area contributed by atoms with Gasteiger partial charge in [-0.1, -0.05) is 0 Å². The van der Waals surface area contributed by atoms with Crippen LogP contribution in [0.25, 0.3) is 0 Å². The first kappa shape index (κ1) is 16.8. The van der Waals surface area contributed by atoms with Gasteiger partial charge in [-0.3, -0.25) is 9.69 Å². The number of carbonyl (C=O) groups is 1. The summed E-state index contributed by atoms with van der Waals surface area (Å²) >= 11 is 0. The van der Waals surface area contributed by atoms with Crippen molar-refractivity contribution in [3.8, 4) is 5.75 Å². The van der Waals surface area contributed by atoms with Crippen LogP contribution in [0.5, 0.6) is 5.75 Å². The van der Waals surface area contributed by atoms with Crippen molar-refractivity contribution in [1.29, 1.82) is 0 Å². The molecule has 4 rings (SSSR count). The minimum atomic E-state index is -0.00752. The minimum absolute atomic E-state index is 0.00752. The molecule has 3 aliphatic heterocycles. The molecule has 3 aliphatic rings. The van der Waals surface area contributed by atoms with E-state index in [4.69, 9.17) is 14.2 Å². The fraction of sp³-hybridized carbons (Fsp3) is 0.632. The second kappa shape index (κ2) is 7.72. The van der Waals surface area contributed by atoms with Crippen LogP contribution in [0.4, 0.5) is 0 Å². The number of amides is 1. The quantitative estimate of drug-likeness (QED) is 0.865. The van der Waals surface area contributed by atoms with Gasteiger partial charge in [0.1, 0.15) is 5.75 Å². The molecule has 0 spiro atoms. The van der Waals surface area contributed by atoms with Crippen LogP contribution in [0.3, 0.4) is 0 Å². The van der Waals surface area contributed by atoms with Gasteiger partial charge in [0.25, 0.3) is 5.91 Å². The van der Waals surface area contributed by atoms with Crippen LogP contribution < -0.4 is 10.1 Å². The van der Waals surface area contributed by atoms with Gasteiger partial charge in [-0.2, -0.15) is 0 Å². The van der Waals surface area contributed by atoms with Crippen LogP contribution in [-0.2, 0) is 15.9 Å². The lowest BCUT2D eigenvalue weighted by Gasteiger charge is -2.37. The molecule has 0 unspecified atom stereocenters. The Morgan fingerprint density at radius 2 is 2.08 bits per heavy atom. The van der Waals surface area contributed by atoms with Crippen molar-refractivity contribution in [1.82, 2.24) is 10.2 Å². The zero-order chi connectivity index (χ0) is 17.1. The largest absolute Gasteiger partial charge is 0.493 e. The van der Waals surface area contributed by atoms with Crippen molar-refractivity contribution < 1.29 is 19.0 Å². The van der Waals surface area contributed by atoms with Crippen molar-refractivity contribution in [3.63, 3.8) is 0 Å². The van der Waals surface area contributed by atoms with E-state index in [1.807, 2.05) is 18.2 Å². The third kappa shape index (κ3) is 3.81. The van der Waals surface area contributed by atoms with Crippen LogP contribution in [0.1, 0.15) is 22.3 Å². The number of hydrogen-bond acceptors (Lipinski definition) is 5. The number of rotatable bonds is 5. The van der Waals surface area contributed by atoms with Gasteiger partial charge in [0.15, 0.2) is 0 Å². The van der Waals surface area contributed by atoms with Crippen molar-refractivity contribution >= 4 is 5.91 Å². The highest BCUT2D eigenvalue weighted by Gasteiger charge is 2.31. The average Bonchev–Trinajstić information content (AvgIpc) is 3.34. The SMILES string of the molecule is O=C(NC[C@H]([C@H]1CCOC1)N1CCOCC1)c1ccc2c(c1)CCO2. The number of ether oxygens (including phenoxy) is 3. The second-order valence-electron chi connectivity index (χ2n) is 6.97. The lowest BCUT2D eigenvalue weighted by atomic mass is 9.96. The Morgan fingerprint density at radius 1 is 1.20 bits per heavy atom. The van der Waals surface area contributed by atoms with E-state index < -0.39 is 0 Å². The van der Waals surface area contributed by atoms with E-state index in [0.29, 0.717) is 30.7 Å². The summed E-state index contributed by atoms with van der Waals surface area (Å²) in [5.74, 6) is 1.38. The summed E-state index contributed by atoms with van der Waals surface area (Å²) in [6.45, 7) is 6.35. The molecule has 6 nitrogen and oxygen atoms in total. The second-order valence-corrected chi connectivity index (χ2v) is 6.97. The molecule has 0 bridgehead atoms. The Morgan fingerprint density at radius 3 is 2.88 bits per heavy atom. The molecule has 1 amide bonds. The summed E-state index contributed by atoms with van der Waals surface area (Å²) in [5, 5.41) is 3.15. The molecule has 1 N–H and O–H groups in total. The summed E-state index contributed by atoms with van der Waals surface area (Å²) in [6.07, 6.45) is 1.94. The first-order valence-corrected chi connectivity index (χ1v) is 9.25. The Kier molecular flexibility index (Phi) is 5.20. The molecule has 2 fully saturated rings. The molecule has 0 aromatic heterocycles. The fourth-order valence-corrected chi connectivity index (χ4v) is 3.99. The van der Waals surface area contributed by atoms with E-state index in [-0.39, 0.29) is 5.91 Å². The van der Waals surface area contributed by atoms with Crippen LogP contribution >= 0.6 is 0 Å². The van der Waals surface area contributed by atoms with Gasteiger partial charge in [0, 0.05) is 50.2 Å². The van der Waals surface area contributed by atoms with Crippen molar-refractivity contribution in [2.24, 2.45) is 5.92 Å². The molecule has 2 atom stereocenters. The topological polar surface area (TPSA) is 60.0 Å². The maximum absolute atomic E-state index is 12.6. The van der Waals surface area contributed by atoms with E-state index in [0.717, 1.165) is 63.7 Å². The smallest absolute Gasteiger partial charge is 0.251 e. The summed E-state index contributed by atoms with van der Waals surface area (Å²) in [6, 6.07) is 6.02. The highest BCUT2D eigenvalue weighted by Crippen LogP contribution is 2.26. The first-order chi connectivity index (χ1) is 12.3. The number of nitrogens with one attached hydrogen (secondary N) is 1. The number of morpholine rings is 1. The molecular formula is C19H26N2O4. The fourth-order valence-electron chi connectivity index (χ4n) is 3.99. The molecule has 25 heavy (non-hydrogen) atoms. The number of carbonyl (C=O) groups excluding carboxylic acids is 1. The van der Waals surface area contributed by atoms with Gasteiger partial charge in [0.2, 0.25) is 0 Å². The third-order valence-corrected chi connectivity index (χ3v) is 5.45. The Balaban J connectivity index is 1.40. The van der Waals surface area contributed by atoms with E-state index >= 15 is 0 Å². The molecule has 0 radical (unpaired) electrons. The number of nitrogens with zero attached hydrogens (tertiary/aromatic N) is 1. The zero-order valence-electron chi connectivity index (χ0n) is 14.5. The molecule has 0 saturated carbocycles. The normalized spacial score (nSPS) is 24.6. The monoisotopic (exact) mass is 346 g/mol. The molecule has 136 valence electrons. The summed E-state index contributed by atoms with van der Waals surface area (Å²) in [7, 11) is 0. The van der Waals surface area contributed by atoms with Crippen molar-refractivity contribution in [2.75, 3.05) is 52.7 Å². The van der Waals surface area contributed by atoms with Crippen molar-refractivity contribution in [2.45, 2.75) is 18.9 Å². The lowest BCUT2D eigenvalue weighted by Crippen LogP contribution is -2.52. The Bertz CT molecular complexity index is 609. The number of fused-ring (bicyclic) bond motifs is 1. The molecule has 6 heteroatoms. The third-order valence-electron chi connectivity index (χ3n) is 5.45. The average molecular weight is 346 g/mol. The number of hydrogen-bond donors (Lipinski definition) is 1. The molecule has 0 aliphatic carbocycles. The van der Waals surface area contributed by atoms with Crippen LogP contribution in [0.15, 0.2) is 18.2 Å². The summed E-state index contributed by atoms with van der Waals surface area (Å²) < 4.78 is 16.6. The van der Waals surface area contributed by atoms with Gasteiger partial charge in [-0.05, 0) is 30.2 Å². The predicted molar refractivity (Wildman–Crippen MR) is 93.1 cm³/mol. The van der Waals surface area contributed by atoms with Gasteiger partial charge in [0.05, 0.1) is 26.4 Å². The van der Waals surface area contributed by atoms with Crippen LogP contribution in [0.2, 0.25) is 0 Å². The Labute approximate surface area is 148 Å². The van der Waals surface area contributed by atoms with Gasteiger partial charge < -0.3 is 19.5 Å². The van der Waals surface area contributed by atoms with E-state index in [1.165, 1.54) is 0 Å². The zero-order valence-corrected chi connectivity index (χ0v) is 14.5. The summed E-state index contributed by atoms with van der Waals surface area (Å²) in [5.41, 5.74) is 1.84. The molecule has 1 aromatic carbocycles. The van der Waals surface area contributed by atoms with Crippen LogP contribution in [-0.4, -0.2) is 69.5 Å². The standard InChI is InChI=1S/C19H26N2O4/c22-19(15-1-2-18-14(11-15)4-8-25-18)20-12-17(16-3-7-24-13-16)21-5-9-23-10-6-21/h1-2,11,16-17H,3-10,12-13H2,(H,20,22)/t16-,17+/m0/s1. The molecule has 2 saturated heterocycles. The van der Waals surface area contributed by atoms with Crippen LogP contribution in [0, 0.1) is 5.92 Å². The van der Waals surface area contributed by atoms with Gasteiger partial charge >= 0.3 is 0 Å². The van der Waals surface area contributed by atoms with Gasteiger partial charge in [-0.25, -0.2) is 0 Å². The van der Waals surface area contributed by atoms with Crippen molar-refractivity contribution in [3.05, 3.63) is 29.3 Å². The maximum Gasteiger partial charge on any atom is 0.251 e. The lowest BCUT2D eigenvalue weighted by molar-refractivity contribution is 0.00166.